The van der Waals surface area contributed by atoms with Crippen LogP contribution in [0.1, 0.15) is 33.0 Å². The van der Waals surface area contributed by atoms with Crippen molar-refractivity contribution in [3.8, 4) is 29.1 Å². The van der Waals surface area contributed by atoms with Crippen molar-refractivity contribution >= 4 is 40.8 Å². The van der Waals surface area contributed by atoms with E-state index >= 15 is 0 Å². The molecule has 1 aliphatic heterocycles. The number of nitriles is 1. The summed E-state index contributed by atoms with van der Waals surface area (Å²) in [5, 5.41) is 10.9. The van der Waals surface area contributed by atoms with E-state index in [2.05, 4.69) is 6.07 Å². The zero-order chi connectivity index (χ0) is 29.1. The lowest BCUT2D eigenvalue weighted by Gasteiger charge is -2.27. The summed E-state index contributed by atoms with van der Waals surface area (Å²) < 4.78 is 22.4. The SMILES string of the molecule is COc1c(Cl)cc(C(=O)Oc2ccc3c(c2)OC(N)=C(C#N)C3c2cccc(OCc3ccccc3Cl)c2)cc1Cl. The first-order chi connectivity index (χ1) is 19.8. The van der Waals surface area contributed by atoms with Crippen LogP contribution in [-0.2, 0) is 6.61 Å². The van der Waals surface area contributed by atoms with E-state index in [0.29, 0.717) is 22.1 Å². The second kappa shape index (κ2) is 12.0. The summed E-state index contributed by atoms with van der Waals surface area (Å²) in [7, 11) is 1.42. The largest absolute Gasteiger partial charge is 0.494 e. The number of hydrogen-bond donors (Lipinski definition) is 1. The molecule has 0 saturated carbocycles. The number of carbonyl (C=O) groups is 1. The molecule has 0 bridgehead atoms. The molecule has 7 nitrogen and oxygen atoms in total. The van der Waals surface area contributed by atoms with E-state index in [0.717, 1.165) is 11.1 Å². The number of halogens is 3. The van der Waals surface area contributed by atoms with Crippen LogP contribution in [0.2, 0.25) is 15.1 Å². The van der Waals surface area contributed by atoms with Crippen LogP contribution in [0.4, 0.5) is 0 Å². The number of carbonyl (C=O) groups excluding carboxylic acids is 1. The van der Waals surface area contributed by atoms with Crippen LogP contribution in [0, 0.1) is 11.3 Å². The maximum atomic E-state index is 12.8. The Balaban J connectivity index is 1.42. The van der Waals surface area contributed by atoms with Gasteiger partial charge in [-0.1, -0.05) is 71.2 Å². The number of ether oxygens (including phenoxy) is 4. The van der Waals surface area contributed by atoms with Gasteiger partial charge in [0.25, 0.3) is 0 Å². The van der Waals surface area contributed by atoms with Crippen molar-refractivity contribution in [1.82, 2.24) is 0 Å². The maximum Gasteiger partial charge on any atom is 0.343 e. The highest BCUT2D eigenvalue weighted by molar-refractivity contribution is 6.37. The van der Waals surface area contributed by atoms with Crippen LogP contribution >= 0.6 is 34.8 Å². The fraction of sp³-hybridized carbons (Fsp3) is 0.0968. The summed E-state index contributed by atoms with van der Waals surface area (Å²) in [4.78, 5) is 12.8. The summed E-state index contributed by atoms with van der Waals surface area (Å²) in [6.45, 7) is 0.274. The smallest absolute Gasteiger partial charge is 0.343 e. The van der Waals surface area contributed by atoms with Gasteiger partial charge in [0.1, 0.15) is 35.5 Å². The van der Waals surface area contributed by atoms with Gasteiger partial charge in [0.15, 0.2) is 5.75 Å². The fourth-order valence-electron chi connectivity index (χ4n) is 4.44. The zero-order valence-electron chi connectivity index (χ0n) is 21.5. The first-order valence-corrected chi connectivity index (χ1v) is 13.3. The molecule has 0 fully saturated rings. The summed E-state index contributed by atoms with van der Waals surface area (Å²) >= 11 is 18.6. The molecular formula is C31H21Cl3N2O5. The van der Waals surface area contributed by atoms with E-state index in [1.54, 1.807) is 18.2 Å². The van der Waals surface area contributed by atoms with Gasteiger partial charge in [-0.15, -0.1) is 0 Å². The van der Waals surface area contributed by atoms with Crippen molar-refractivity contribution in [2.75, 3.05) is 7.11 Å². The van der Waals surface area contributed by atoms with Crippen LogP contribution in [-0.4, -0.2) is 13.1 Å². The zero-order valence-corrected chi connectivity index (χ0v) is 23.8. The predicted molar refractivity (Wildman–Crippen MR) is 156 cm³/mol. The van der Waals surface area contributed by atoms with Gasteiger partial charge in [-0.2, -0.15) is 5.26 Å². The predicted octanol–water partition coefficient (Wildman–Crippen LogP) is 7.67. The molecule has 1 aliphatic rings. The average molecular weight is 608 g/mol. The van der Waals surface area contributed by atoms with Crippen molar-refractivity contribution in [2.24, 2.45) is 5.73 Å². The van der Waals surface area contributed by atoms with Crippen molar-refractivity contribution in [3.63, 3.8) is 0 Å². The van der Waals surface area contributed by atoms with Crippen molar-refractivity contribution in [3.05, 3.63) is 128 Å². The number of fused-ring (bicyclic) bond motifs is 1. The van der Waals surface area contributed by atoms with Crippen LogP contribution in [0.25, 0.3) is 0 Å². The Labute approximate surface area is 251 Å². The van der Waals surface area contributed by atoms with Gasteiger partial charge >= 0.3 is 5.97 Å². The van der Waals surface area contributed by atoms with Gasteiger partial charge in [0.2, 0.25) is 5.88 Å². The van der Waals surface area contributed by atoms with Gasteiger partial charge in [-0.3, -0.25) is 0 Å². The van der Waals surface area contributed by atoms with E-state index in [1.807, 2.05) is 42.5 Å². The van der Waals surface area contributed by atoms with Crippen molar-refractivity contribution in [1.29, 1.82) is 5.26 Å². The Morgan fingerprint density at radius 3 is 2.41 bits per heavy atom. The standard InChI is InChI=1S/C31H21Cl3N2O5/c1-38-29-25(33)12-19(13-26(29)34)31(37)40-21-9-10-22-27(14-21)41-30(36)23(15-35)28(22)17-6-4-7-20(11-17)39-16-18-5-2-3-8-24(18)32/h2-14,28H,16,36H2,1H3. The summed E-state index contributed by atoms with van der Waals surface area (Å²) in [5.41, 5.74) is 8.81. The summed E-state index contributed by atoms with van der Waals surface area (Å²) in [5.74, 6) is 0.0979. The molecular weight excluding hydrogens is 587 g/mol. The minimum absolute atomic E-state index is 0.0513. The summed E-state index contributed by atoms with van der Waals surface area (Å²) in [6.07, 6.45) is 0. The number of nitrogens with zero attached hydrogens (tertiary/aromatic N) is 1. The Bertz CT molecular complexity index is 1710. The molecule has 0 saturated heterocycles. The van der Waals surface area contributed by atoms with Gasteiger partial charge in [-0.25, -0.2) is 4.79 Å². The van der Waals surface area contributed by atoms with E-state index in [-0.39, 0.29) is 45.2 Å². The molecule has 0 aliphatic carbocycles. The molecule has 10 heteroatoms. The molecule has 41 heavy (non-hydrogen) atoms. The number of benzene rings is 4. The van der Waals surface area contributed by atoms with Gasteiger partial charge in [-0.05, 0) is 42.0 Å². The molecule has 2 N–H and O–H groups in total. The highest BCUT2D eigenvalue weighted by Gasteiger charge is 2.31. The molecule has 5 rings (SSSR count). The number of methoxy groups -OCH3 is 1. The fourth-order valence-corrected chi connectivity index (χ4v) is 5.27. The maximum absolute atomic E-state index is 12.8. The molecule has 0 spiro atoms. The molecule has 4 aromatic rings. The third-order valence-electron chi connectivity index (χ3n) is 6.38. The van der Waals surface area contributed by atoms with Crippen LogP contribution < -0.4 is 24.7 Å². The van der Waals surface area contributed by atoms with Crippen LogP contribution in [0.15, 0.2) is 90.3 Å². The second-order valence-electron chi connectivity index (χ2n) is 8.94. The molecule has 1 unspecified atom stereocenters. The van der Waals surface area contributed by atoms with Crippen LogP contribution in [0.3, 0.4) is 0 Å². The van der Waals surface area contributed by atoms with E-state index in [9.17, 15) is 10.1 Å². The van der Waals surface area contributed by atoms with Gasteiger partial charge in [0.05, 0.1) is 28.6 Å². The molecule has 0 radical (unpaired) electrons. The lowest BCUT2D eigenvalue weighted by Crippen LogP contribution is -2.21. The van der Waals surface area contributed by atoms with Crippen molar-refractivity contribution < 1.29 is 23.7 Å². The number of hydrogen-bond acceptors (Lipinski definition) is 7. The highest BCUT2D eigenvalue weighted by Crippen LogP contribution is 2.44. The van der Waals surface area contributed by atoms with Crippen LogP contribution in [0.5, 0.6) is 23.0 Å². The van der Waals surface area contributed by atoms with Gasteiger partial charge < -0.3 is 24.7 Å². The molecule has 0 amide bonds. The minimum atomic E-state index is -0.687. The normalized spacial score (nSPS) is 14.0. The highest BCUT2D eigenvalue weighted by atomic mass is 35.5. The average Bonchev–Trinajstić information content (AvgIpc) is 2.96. The lowest BCUT2D eigenvalue weighted by molar-refractivity contribution is 0.0734. The molecule has 1 heterocycles. The third-order valence-corrected chi connectivity index (χ3v) is 7.31. The monoisotopic (exact) mass is 606 g/mol. The van der Waals surface area contributed by atoms with Gasteiger partial charge in [0, 0.05) is 22.2 Å². The second-order valence-corrected chi connectivity index (χ2v) is 10.2. The Kier molecular flexibility index (Phi) is 8.27. The molecule has 4 aromatic carbocycles. The number of allylic oxidation sites excluding steroid dienone is 1. The first kappa shape index (κ1) is 28.2. The number of esters is 1. The minimum Gasteiger partial charge on any atom is -0.494 e. The van der Waals surface area contributed by atoms with E-state index in [4.69, 9.17) is 59.5 Å². The van der Waals surface area contributed by atoms with Crippen molar-refractivity contribution in [2.45, 2.75) is 12.5 Å². The molecule has 206 valence electrons. The Morgan fingerprint density at radius 2 is 1.71 bits per heavy atom. The quantitative estimate of drug-likeness (QED) is 0.170. The first-order valence-electron chi connectivity index (χ1n) is 12.2. The Hall–Kier alpha value is -4.35. The Morgan fingerprint density at radius 1 is 0.951 bits per heavy atom. The topological polar surface area (TPSA) is 104 Å². The number of nitrogens with two attached hydrogens (primary N) is 1. The van der Waals surface area contributed by atoms with E-state index in [1.165, 1.54) is 25.3 Å². The number of rotatable bonds is 7. The molecule has 0 aromatic heterocycles. The van der Waals surface area contributed by atoms with E-state index < -0.39 is 11.9 Å². The lowest BCUT2D eigenvalue weighted by atomic mass is 9.83. The molecule has 1 atom stereocenters. The summed E-state index contributed by atoms with van der Waals surface area (Å²) in [6, 6.07) is 24.6. The third kappa shape index (κ3) is 5.91.